The van der Waals surface area contributed by atoms with E-state index in [2.05, 4.69) is 15.3 Å². The zero-order chi connectivity index (χ0) is 16.8. The number of aromatic amines is 1. The van der Waals surface area contributed by atoms with E-state index in [1.54, 1.807) is 0 Å². The number of aromatic nitrogens is 2. The lowest BCUT2D eigenvalue weighted by atomic mass is 10.1. The van der Waals surface area contributed by atoms with Gasteiger partial charge in [0.15, 0.2) is 0 Å². The van der Waals surface area contributed by atoms with Gasteiger partial charge in [-0.15, -0.1) is 0 Å². The fraction of sp³-hybridized carbons (Fsp3) is 0.263. The van der Waals surface area contributed by atoms with Gasteiger partial charge in [-0.05, 0) is 42.7 Å². The zero-order valence-corrected chi connectivity index (χ0v) is 14.1. The van der Waals surface area contributed by atoms with E-state index < -0.39 is 0 Å². The van der Waals surface area contributed by atoms with Crippen molar-refractivity contribution < 1.29 is 4.79 Å². The number of hydrogen-bond acceptors (Lipinski definition) is 2. The Morgan fingerprint density at radius 3 is 2.83 bits per heavy atom. The topological polar surface area (TPSA) is 57.8 Å². The van der Waals surface area contributed by atoms with Crippen LogP contribution in [0.4, 0.5) is 0 Å². The summed E-state index contributed by atoms with van der Waals surface area (Å²) in [6.45, 7) is 0.658. The number of aryl methyl sites for hydroxylation is 2. The van der Waals surface area contributed by atoms with Crippen LogP contribution in [0.1, 0.15) is 24.2 Å². The fourth-order valence-electron chi connectivity index (χ4n) is 2.65. The van der Waals surface area contributed by atoms with Crippen molar-refractivity contribution >= 4 is 28.5 Å². The van der Waals surface area contributed by atoms with Crippen molar-refractivity contribution in [2.75, 3.05) is 6.54 Å². The first-order valence-corrected chi connectivity index (χ1v) is 8.53. The van der Waals surface area contributed by atoms with E-state index in [9.17, 15) is 4.79 Å². The van der Waals surface area contributed by atoms with Gasteiger partial charge < -0.3 is 10.3 Å². The van der Waals surface area contributed by atoms with Gasteiger partial charge in [0.25, 0.3) is 0 Å². The molecule has 0 aliphatic carbocycles. The first-order valence-electron chi connectivity index (χ1n) is 8.15. The number of halogens is 1. The van der Waals surface area contributed by atoms with Crippen molar-refractivity contribution in [3.8, 4) is 0 Å². The van der Waals surface area contributed by atoms with Gasteiger partial charge in [-0.25, -0.2) is 4.98 Å². The molecule has 0 atom stereocenters. The van der Waals surface area contributed by atoms with Crippen LogP contribution in [0.15, 0.2) is 48.5 Å². The summed E-state index contributed by atoms with van der Waals surface area (Å²) in [5.41, 5.74) is 3.12. The number of imidazole rings is 1. The number of nitrogens with one attached hydrogen (secondary N) is 2. The van der Waals surface area contributed by atoms with Gasteiger partial charge in [-0.2, -0.15) is 0 Å². The highest BCUT2D eigenvalue weighted by atomic mass is 35.5. The number of carbonyl (C=O) groups excluding carboxylic acids is 1. The Hall–Kier alpha value is -2.33. The molecule has 5 heteroatoms. The summed E-state index contributed by atoms with van der Waals surface area (Å²) in [7, 11) is 0. The minimum absolute atomic E-state index is 0.0691. The van der Waals surface area contributed by atoms with Crippen LogP contribution < -0.4 is 5.32 Å². The molecule has 0 spiro atoms. The average molecular weight is 342 g/mol. The highest BCUT2D eigenvalue weighted by Gasteiger charge is 2.04. The minimum atomic E-state index is 0.0691. The summed E-state index contributed by atoms with van der Waals surface area (Å²) in [5.74, 6) is 1.03. The van der Waals surface area contributed by atoms with Crippen LogP contribution in [-0.2, 0) is 17.6 Å². The maximum absolute atomic E-state index is 11.9. The SMILES string of the molecule is O=C(CCc1cccc(Cl)c1)NCCCc1nc2ccccc2[nH]1. The number of para-hydroxylation sites is 2. The molecule has 4 nitrogen and oxygen atoms in total. The fourth-order valence-corrected chi connectivity index (χ4v) is 2.86. The van der Waals surface area contributed by atoms with Crippen LogP contribution in [0.3, 0.4) is 0 Å². The number of nitrogens with zero attached hydrogens (tertiary/aromatic N) is 1. The zero-order valence-electron chi connectivity index (χ0n) is 13.4. The van der Waals surface area contributed by atoms with Crippen molar-refractivity contribution in [2.24, 2.45) is 0 Å². The predicted molar refractivity (Wildman–Crippen MR) is 97.2 cm³/mol. The lowest BCUT2D eigenvalue weighted by Crippen LogP contribution is -2.25. The lowest BCUT2D eigenvalue weighted by molar-refractivity contribution is -0.121. The van der Waals surface area contributed by atoms with Crippen LogP contribution in [-0.4, -0.2) is 22.4 Å². The van der Waals surface area contributed by atoms with Gasteiger partial charge in [-0.1, -0.05) is 35.9 Å². The molecule has 0 aliphatic heterocycles. The van der Waals surface area contributed by atoms with Crippen molar-refractivity contribution in [1.29, 1.82) is 0 Å². The number of benzene rings is 2. The first kappa shape index (κ1) is 16.5. The molecule has 0 radical (unpaired) electrons. The number of H-pyrrole nitrogens is 1. The Morgan fingerprint density at radius 2 is 2.00 bits per heavy atom. The summed E-state index contributed by atoms with van der Waals surface area (Å²) >= 11 is 5.94. The molecule has 2 N–H and O–H groups in total. The molecule has 0 saturated carbocycles. The Labute approximate surface area is 146 Å². The third kappa shape index (κ3) is 4.59. The minimum Gasteiger partial charge on any atom is -0.356 e. The quantitative estimate of drug-likeness (QED) is 0.640. The second-order valence-corrected chi connectivity index (χ2v) is 6.22. The van der Waals surface area contributed by atoms with Crippen LogP contribution in [0.5, 0.6) is 0 Å². The van der Waals surface area contributed by atoms with Crippen LogP contribution >= 0.6 is 11.6 Å². The monoisotopic (exact) mass is 341 g/mol. The first-order chi connectivity index (χ1) is 11.7. The number of hydrogen-bond donors (Lipinski definition) is 2. The predicted octanol–water partition coefficient (Wildman–Crippen LogP) is 3.90. The highest BCUT2D eigenvalue weighted by Crippen LogP contribution is 2.12. The van der Waals surface area contributed by atoms with Crippen molar-refractivity contribution in [3.63, 3.8) is 0 Å². The number of fused-ring (bicyclic) bond motifs is 1. The van der Waals surface area contributed by atoms with Crippen LogP contribution in [0.25, 0.3) is 11.0 Å². The molecule has 24 heavy (non-hydrogen) atoms. The van der Waals surface area contributed by atoms with E-state index in [1.165, 1.54) is 0 Å². The molecule has 0 unspecified atom stereocenters. The summed E-state index contributed by atoms with van der Waals surface area (Å²) in [6, 6.07) is 15.6. The third-order valence-corrected chi connectivity index (χ3v) is 4.12. The smallest absolute Gasteiger partial charge is 0.220 e. The second kappa shape index (κ2) is 7.97. The van der Waals surface area contributed by atoms with Gasteiger partial charge in [0.2, 0.25) is 5.91 Å². The molecular weight excluding hydrogens is 322 g/mol. The second-order valence-electron chi connectivity index (χ2n) is 5.78. The average Bonchev–Trinajstić information content (AvgIpc) is 3.00. The van der Waals surface area contributed by atoms with E-state index in [1.807, 2.05) is 48.5 Å². The van der Waals surface area contributed by atoms with Crippen molar-refractivity contribution in [2.45, 2.75) is 25.7 Å². The number of carbonyl (C=O) groups is 1. The van der Waals surface area contributed by atoms with Crippen molar-refractivity contribution in [3.05, 3.63) is 64.9 Å². The molecule has 2 aromatic carbocycles. The Balaban J connectivity index is 1.37. The molecule has 1 aromatic heterocycles. The number of amides is 1. The highest BCUT2D eigenvalue weighted by molar-refractivity contribution is 6.30. The van der Waals surface area contributed by atoms with Gasteiger partial charge >= 0.3 is 0 Å². The normalized spacial score (nSPS) is 10.9. The molecule has 0 aliphatic rings. The van der Waals surface area contributed by atoms with Crippen molar-refractivity contribution in [1.82, 2.24) is 15.3 Å². The maximum Gasteiger partial charge on any atom is 0.220 e. The van der Waals surface area contributed by atoms with E-state index in [4.69, 9.17) is 11.6 Å². The maximum atomic E-state index is 11.9. The Morgan fingerprint density at radius 1 is 1.12 bits per heavy atom. The molecule has 0 fully saturated rings. The summed E-state index contributed by atoms with van der Waals surface area (Å²) in [4.78, 5) is 19.7. The molecule has 0 bridgehead atoms. The largest absolute Gasteiger partial charge is 0.356 e. The van der Waals surface area contributed by atoms with E-state index >= 15 is 0 Å². The van der Waals surface area contributed by atoms with Gasteiger partial charge in [0.05, 0.1) is 11.0 Å². The lowest BCUT2D eigenvalue weighted by Gasteiger charge is -2.05. The Bertz CT molecular complexity index is 795. The molecule has 1 amide bonds. The van der Waals surface area contributed by atoms with Crippen LogP contribution in [0.2, 0.25) is 5.02 Å². The van der Waals surface area contributed by atoms with Gasteiger partial charge in [0, 0.05) is 24.4 Å². The van der Waals surface area contributed by atoms with Gasteiger partial charge in [-0.3, -0.25) is 4.79 Å². The molecular formula is C19H20ClN3O. The summed E-state index contributed by atoms with van der Waals surface area (Å²) in [5, 5.41) is 3.67. The summed E-state index contributed by atoms with van der Waals surface area (Å²) < 4.78 is 0. The third-order valence-electron chi connectivity index (χ3n) is 3.88. The molecule has 1 heterocycles. The molecule has 0 saturated heterocycles. The van der Waals surface area contributed by atoms with Crippen LogP contribution in [0, 0.1) is 0 Å². The summed E-state index contributed by atoms with van der Waals surface area (Å²) in [6.07, 6.45) is 2.87. The molecule has 124 valence electrons. The Kier molecular flexibility index (Phi) is 5.49. The molecule has 3 rings (SSSR count). The van der Waals surface area contributed by atoms with Gasteiger partial charge in [0.1, 0.15) is 5.82 Å². The van der Waals surface area contributed by atoms with E-state index in [0.29, 0.717) is 24.4 Å². The number of rotatable bonds is 7. The standard InChI is InChI=1S/C19H20ClN3O/c20-15-6-3-5-14(13-15)10-11-19(24)21-12-4-9-18-22-16-7-1-2-8-17(16)23-18/h1-3,5-8,13H,4,9-12H2,(H,21,24)(H,22,23). The van der Waals surface area contributed by atoms with E-state index in [-0.39, 0.29) is 5.91 Å². The van der Waals surface area contributed by atoms with E-state index in [0.717, 1.165) is 35.3 Å². The molecule has 3 aromatic rings.